The normalized spacial score (nSPS) is 17.0. The first-order valence-electron chi connectivity index (χ1n) is 15.1. The van der Waals surface area contributed by atoms with Crippen molar-refractivity contribution in [2.75, 3.05) is 9.80 Å². The lowest BCUT2D eigenvalue weighted by molar-refractivity contribution is 0.464. The van der Waals surface area contributed by atoms with Crippen LogP contribution in [-0.2, 0) is 11.8 Å². The maximum Gasteiger partial charge on any atom is 0.140 e. The van der Waals surface area contributed by atoms with Gasteiger partial charge in [-0.25, -0.2) is 0 Å². The summed E-state index contributed by atoms with van der Waals surface area (Å²) in [5, 5.41) is 3.31. The Bertz CT molecular complexity index is 2030. The maximum absolute atomic E-state index is 6.98. The van der Waals surface area contributed by atoms with Crippen LogP contribution in [0.4, 0.5) is 28.4 Å². The molecule has 0 radical (unpaired) electrons. The van der Waals surface area contributed by atoms with E-state index < -0.39 is 6.04 Å². The summed E-state index contributed by atoms with van der Waals surface area (Å²) in [4.78, 5) is 4.79. The van der Waals surface area contributed by atoms with Gasteiger partial charge in [0.25, 0.3) is 0 Å². The van der Waals surface area contributed by atoms with E-state index in [1.54, 1.807) is 0 Å². The zero-order valence-electron chi connectivity index (χ0n) is 26.1. The number of aryl methyl sites for hydroxylation is 4. The molecule has 220 valence electrons. The topological polar surface area (TPSA) is 24.9 Å². The van der Waals surface area contributed by atoms with E-state index in [1.165, 1.54) is 11.1 Å². The summed E-state index contributed by atoms with van der Waals surface area (Å²) in [5.74, 6) is 3.36. The first kappa shape index (κ1) is 27.5. The Kier molecular flexibility index (Phi) is 5.77. The van der Waals surface area contributed by atoms with Crippen molar-refractivity contribution in [1.82, 2.24) is 0 Å². The standard InChI is InChI=1S/C38H35N2O2PS/c1-22-8-12-26(13-9-22)39(27-14-10-23(2)11-15-27)28-20-30-36-34(21-28)42-33-19-25(4)18-32-37(33)43(36,44)35-29(40(30)38(5,6)7)16-24(3)17-31(35)41-32/h8-21H,1-7H3. The van der Waals surface area contributed by atoms with Crippen LogP contribution in [0.3, 0.4) is 0 Å². The number of anilines is 5. The van der Waals surface area contributed by atoms with Crippen LogP contribution < -0.4 is 35.2 Å². The molecule has 0 spiro atoms. The van der Waals surface area contributed by atoms with Crippen LogP contribution in [0, 0.1) is 27.7 Å². The molecule has 0 saturated carbocycles. The van der Waals surface area contributed by atoms with Crippen molar-refractivity contribution in [2.45, 2.75) is 54.0 Å². The Hall–Kier alpha value is -4.05. The van der Waals surface area contributed by atoms with Gasteiger partial charge in [0.15, 0.2) is 0 Å². The van der Waals surface area contributed by atoms with Crippen molar-refractivity contribution in [3.8, 4) is 23.0 Å². The third-order valence-electron chi connectivity index (χ3n) is 8.80. The number of benzene rings is 5. The molecule has 5 aromatic carbocycles. The zero-order valence-corrected chi connectivity index (χ0v) is 27.9. The van der Waals surface area contributed by atoms with Crippen molar-refractivity contribution in [3.05, 3.63) is 107 Å². The first-order chi connectivity index (χ1) is 20.9. The molecular formula is C38H35N2O2PS. The monoisotopic (exact) mass is 614 g/mol. The molecule has 8 rings (SSSR count). The van der Waals surface area contributed by atoms with Gasteiger partial charge < -0.3 is 19.3 Å². The minimum Gasteiger partial charge on any atom is -0.456 e. The molecule has 44 heavy (non-hydrogen) atoms. The summed E-state index contributed by atoms with van der Waals surface area (Å²) in [6.45, 7) is 15.3. The van der Waals surface area contributed by atoms with Gasteiger partial charge in [-0.1, -0.05) is 47.2 Å². The predicted molar refractivity (Wildman–Crippen MR) is 188 cm³/mol. The van der Waals surface area contributed by atoms with E-state index in [9.17, 15) is 0 Å². The number of hydrogen-bond acceptors (Lipinski definition) is 5. The first-order valence-corrected chi connectivity index (χ1v) is 17.9. The molecule has 0 fully saturated rings. The molecule has 0 saturated heterocycles. The highest BCUT2D eigenvalue weighted by Gasteiger charge is 2.51. The molecule has 3 heterocycles. The molecule has 0 N–H and O–H groups in total. The molecule has 0 aromatic heterocycles. The molecule has 1 unspecified atom stereocenters. The van der Waals surface area contributed by atoms with Gasteiger partial charge in [-0.05, 0) is 114 Å². The Morgan fingerprint density at radius 1 is 0.545 bits per heavy atom. The number of ether oxygens (including phenoxy) is 2. The summed E-state index contributed by atoms with van der Waals surface area (Å²) in [7, 11) is 0. The van der Waals surface area contributed by atoms with Crippen molar-refractivity contribution < 1.29 is 9.47 Å². The molecule has 5 aromatic rings. The molecule has 0 aliphatic carbocycles. The number of rotatable bonds is 3. The van der Waals surface area contributed by atoms with E-state index in [4.69, 9.17) is 21.3 Å². The molecule has 3 aliphatic heterocycles. The van der Waals surface area contributed by atoms with Crippen LogP contribution in [0.2, 0.25) is 0 Å². The molecule has 0 amide bonds. The molecular weight excluding hydrogens is 579 g/mol. The van der Waals surface area contributed by atoms with Crippen molar-refractivity contribution in [2.24, 2.45) is 0 Å². The lowest BCUT2D eigenvalue weighted by Gasteiger charge is -2.50. The third kappa shape index (κ3) is 3.85. The van der Waals surface area contributed by atoms with Gasteiger partial charge in [0.1, 0.15) is 23.0 Å². The summed E-state index contributed by atoms with van der Waals surface area (Å²) in [6.07, 6.45) is 0. The van der Waals surface area contributed by atoms with E-state index in [0.29, 0.717) is 0 Å². The van der Waals surface area contributed by atoms with Gasteiger partial charge in [-0.3, -0.25) is 0 Å². The zero-order chi connectivity index (χ0) is 30.7. The predicted octanol–water partition coefficient (Wildman–Crippen LogP) is 9.61. The average Bonchev–Trinajstić information content (AvgIpc) is 2.93. The molecule has 6 heteroatoms. The van der Waals surface area contributed by atoms with E-state index >= 15 is 0 Å². The van der Waals surface area contributed by atoms with Crippen LogP contribution in [-0.4, -0.2) is 5.54 Å². The van der Waals surface area contributed by atoms with Crippen molar-refractivity contribution >= 4 is 62.2 Å². The third-order valence-corrected chi connectivity index (χ3v) is 13.7. The Morgan fingerprint density at radius 2 is 0.977 bits per heavy atom. The van der Waals surface area contributed by atoms with Gasteiger partial charge in [0.05, 0.1) is 39.0 Å². The molecule has 4 nitrogen and oxygen atoms in total. The summed E-state index contributed by atoms with van der Waals surface area (Å²) < 4.78 is 13.6. The van der Waals surface area contributed by atoms with Crippen LogP contribution in [0.15, 0.2) is 84.9 Å². The summed E-state index contributed by atoms with van der Waals surface area (Å²) in [5.41, 5.74) is 9.91. The largest absolute Gasteiger partial charge is 0.456 e. The molecule has 0 bridgehead atoms. The Morgan fingerprint density at radius 3 is 1.48 bits per heavy atom. The second-order valence-corrected chi connectivity index (χ2v) is 17.6. The quantitative estimate of drug-likeness (QED) is 0.185. The van der Waals surface area contributed by atoms with Crippen LogP contribution in [0.1, 0.15) is 43.0 Å². The fourth-order valence-corrected chi connectivity index (χ4v) is 12.0. The summed E-state index contributed by atoms with van der Waals surface area (Å²) in [6, 6.07) is 28.2. The van der Waals surface area contributed by atoms with Crippen LogP contribution in [0.5, 0.6) is 23.0 Å². The van der Waals surface area contributed by atoms with E-state index in [2.05, 4.69) is 143 Å². The van der Waals surface area contributed by atoms with E-state index in [-0.39, 0.29) is 5.54 Å². The smallest absolute Gasteiger partial charge is 0.140 e. The van der Waals surface area contributed by atoms with E-state index in [0.717, 1.165) is 78.5 Å². The van der Waals surface area contributed by atoms with Gasteiger partial charge >= 0.3 is 0 Å². The van der Waals surface area contributed by atoms with Crippen molar-refractivity contribution in [1.29, 1.82) is 0 Å². The second-order valence-electron chi connectivity index (χ2n) is 13.4. The summed E-state index contributed by atoms with van der Waals surface area (Å²) >= 11 is 6.98. The van der Waals surface area contributed by atoms with Crippen LogP contribution >= 0.6 is 6.04 Å². The highest BCUT2D eigenvalue weighted by atomic mass is 32.4. The number of nitrogens with zero attached hydrogens (tertiary/aromatic N) is 2. The van der Waals surface area contributed by atoms with Crippen LogP contribution in [0.25, 0.3) is 0 Å². The Labute approximate surface area is 264 Å². The van der Waals surface area contributed by atoms with Gasteiger partial charge in [0.2, 0.25) is 0 Å². The Balaban J connectivity index is 1.48. The highest BCUT2D eigenvalue weighted by molar-refractivity contribution is 8.26. The minimum atomic E-state index is -2.51. The highest BCUT2D eigenvalue weighted by Crippen LogP contribution is 2.66. The minimum absolute atomic E-state index is 0.249. The van der Waals surface area contributed by atoms with Gasteiger partial charge in [-0.15, -0.1) is 0 Å². The SMILES string of the molecule is Cc1ccc(N(c2ccc(C)cc2)c2cc3c4c(c2)N(C(C)(C)C)c2cc(C)cc5c2P4(=S)c2c(cc(C)cc2O3)O5)cc1. The lowest BCUT2D eigenvalue weighted by Crippen LogP contribution is -2.49. The van der Waals surface area contributed by atoms with Gasteiger partial charge in [0, 0.05) is 23.0 Å². The van der Waals surface area contributed by atoms with E-state index in [1.807, 2.05) is 0 Å². The van der Waals surface area contributed by atoms with Crippen molar-refractivity contribution in [3.63, 3.8) is 0 Å². The fraction of sp³-hybridized carbons (Fsp3) is 0.211. The average molecular weight is 615 g/mol. The maximum atomic E-state index is 6.98. The fourth-order valence-electron chi connectivity index (χ4n) is 7.00. The molecule has 1 atom stereocenters. The lowest BCUT2D eigenvalue weighted by atomic mass is 10.0. The number of hydrogen-bond donors (Lipinski definition) is 0. The molecule has 3 aliphatic rings. The van der Waals surface area contributed by atoms with Gasteiger partial charge in [-0.2, -0.15) is 0 Å². The second kappa shape index (κ2) is 9.23.